The molecule has 1 aromatic heterocycles. The Balaban J connectivity index is 1.59. The summed E-state index contributed by atoms with van der Waals surface area (Å²) in [4.78, 5) is 16.6. The number of hydrogen-bond acceptors (Lipinski definition) is 6. The van der Waals surface area contributed by atoms with Gasteiger partial charge in [0.25, 0.3) is 5.91 Å². The van der Waals surface area contributed by atoms with Gasteiger partial charge in [0.05, 0.1) is 26.9 Å². The monoisotopic (exact) mass is 393 g/mol. The number of hydrogen-bond donors (Lipinski definition) is 2. The molecule has 0 radical (unpaired) electrons. The second kappa shape index (κ2) is 9.45. The van der Waals surface area contributed by atoms with Gasteiger partial charge in [0.15, 0.2) is 11.5 Å². The van der Waals surface area contributed by atoms with Gasteiger partial charge < -0.3 is 24.8 Å². The van der Waals surface area contributed by atoms with Crippen molar-refractivity contribution in [3.63, 3.8) is 0 Å². The van der Waals surface area contributed by atoms with Crippen molar-refractivity contribution in [3.8, 4) is 17.2 Å². The molecule has 1 heterocycles. The van der Waals surface area contributed by atoms with Crippen LogP contribution in [0.2, 0.25) is 0 Å². The van der Waals surface area contributed by atoms with E-state index in [-0.39, 0.29) is 5.91 Å². The Morgan fingerprint density at radius 1 is 0.897 bits per heavy atom. The molecule has 0 aliphatic rings. The number of pyridine rings is 1. The maximum atomic E-state index is 12.3. The highest BCUT2D eigenvalue weighted by Crippen LogP contribution is 2.30. The van der Waals surface area contributed by atoms with E-state index in [0.29, 0.717) is 29.4 Å². The summed E-state index contributed by atoms with van der Waals surface area (Å²) in [6.07, 6.45) is 1.53. The van der Waals surface area contributed by atoms with Crippen LogP contribution in [0.25, 0.3) is 0 Å². The van der Waals surface area contributed by atoms with Gasteiger partial charge in [-0.15, -0.1) is 0 Å². The molecule has 0 atom stereocenters. The number of aromatic nitrogens is 1. The van der Waals surface area contributed by atoms with E-state index in [1.54, 1.807) is 33.5 Å². The SMILES string of the molecule is COc1ccc(CNC(=O)c2ccc(Nc3ccc(OC)c(OC)c3)nc2)cc1. The van der Waals surface area contributed by atoms with Gasteiger partial charge in [0.1, 0.15) is 11.6 Å². The fourth-order valence-electron chi connectivity index (χ4n) is 2.69. The van der Waals surface area contributed by atoms with Crippen LogP contribution >= 0.6 is 0 Å². The highest BCUT2D eigenvalue weighted by molar-refractivity contribution is 5.94. The Morgan fingerprint density at radius 2 is 1.66 bits per heavy atom. The first-order chi connectivity index (χ1) is 14.1. The highest BCUT2D eigenvalue weighted by atomic mass is 16.5. The molecule has 0 fully saturated rings. The van der Waals surface area contributed by atoms with E-state index in [9.17, 15) is 4.79 Å². The largest absolute Gasteiger partial charge is 0.497 e. The van der Waals surface area contributed by atoms with Gasteiger partial charge in [-0.05, 0) is 42.0 Å². The van der Waals surface area contributed by atoms with E-state index in [1.807, 2.05) is 42.5 Å². The van der Waals surface area contributed by atoms with Gasteiger partial charge in [0, 0.05) is 24.5 Å². The lowest BCUT2D eigenvalue weighted by atomic mass is 10.2. The third kappa shape index (κ3) is 5.16. The van der Waals surface area contributed by atoms with Crippen LogP contribution in [0.4, 0.5) is 11.5 Å². The lowest BCUT2D eigenvalue weighted by molar-refractivity contribution is 0.0950. The molecule has 3 aromatic rings. The molecule has 2 aromatic carbocycles. The van der Waals surface area contributed by atoms with Crippen LogP contribution in [0.1, 0.15) is 15.9 Å². The Kier molecular flexibility index (Phi) is 6.52. The van der Waals surface area contributed by atoms with E-state index in [1.165, 1.54) is 6.20 Å². The molecule has 7 heteroatoms. The fraction of sp³-hybridized carbons (Fsp3) is 0.182. The second-order valence-corrected chi connectivity index (χ2v) is 6.16. The zero-order chi connectivity index (χ0) is 20.6. The molecule has 0 spiro atoms. The molecular weight excluding hydrogens is 370 g/mol. The van der Waals surface area contributed by atoms with Crippen molar-refractivity contribution in [2.75, 3.05) is 26.6 Å². The Bertz CT molecular complexity index is 957. The van der Waals surface area contributed by atoms with Gasteiger partial charge in [-0.1, -0.05) is 12.1 Å². The minimum Gasteiger partial charge on any atom is -0.497 e. The first kappa shape index (κ1) is 20.0. The van der Waals surface area contributed by atoms with E-state index in [2.05, 4.69) is 15.6 Å². The summed E-state index contributed by atoms with van der Waals surface area (Å²) < 4.78 is 15.7. The summed E-state index contributed by atoms with van der Waals surface area (Å²) in [6.45, 7) is 0.425. The number of ether oxygens (including phenoxy) is 3. The van der Waals surface area contributed by atoms with Crippen molar-refractivity contribution in [2.45, 2.75) is 6.54 Å². The number of benzene rings is 2. The van der Waals surface area contributed by atoms with E-state index < -0.39 is 0 Å². The van der Waals surface area contributed by atoms with Crippen LogP contribution in [-0.4, -0.2) is 32.2 Å². The quantitative estimate of drug-likeness (QED) is 0.606. The normalized spacial score (nSPS) is 10.2. The average Bonchev–Trinajstić information content (AvgIpc) is 2.78. The first-order valence-corrected chi connectivity index (χ1v) is 8.99. The molecule has 2 N–H and O–H groups in total. The van der Waals surface area contributed by atoms with E-state index in [4.69, 9.17) is 14.2 Å². The summed E-state index contributed by atoms with van der Waals surface area (Å²) in [7, 11) is 4.79. The third-order valence-corrected chi connectivity index (χ3v) is 4.29. The van der Waals surface area contributed by atoms with Crippen LogP contribution in [0.3, 0.4) is 0 Å². The molecule has 0 aliphatic carbocycles. The first-order valence-electron chi connectivity index (χ1n) is 8.99. The van der Waals surface area contributed by atoms with Crippen molar-refractivity contribution in [1.82, 2.24) is 10.3 Å². The van der Waals surface area contributed by atoms with Crippen LogP contribution in [0, 0.1) is 0 Å². The van der Waals surface area contributed by atoms with Crippen molar-refractivity contribution in [3.05, 3.63) is 71.9 Å². The number of amides is 1. The van der Waals surface area contributed by atoms with E-state index >= 15 is 0 Å². The predicted molar refractivity (Wildman–Crippen MR) is 111 cm³/mol. The summed E-state index contributed by atoms with van der Waals surface area (Å²) in [5.41, 5.74) is 2.27. The van der Waals surface area contributed by atoms with Crippen molar-refractivity contribution < 1.29 is 19.0 Å². The zero-order valence-electron chi connectivity index (χ0n) is 16.6. The molecule has 1 amide bonds. The Labute approximate surface area is 169 Å². The van der Waals surface area contributed by atoms with Crippen LogP contribution in [0.15, 0.2) is 60.8 Å². The number of anilines is 2. The minimum absolute atomic E-state index is 0.189. The maximum Gasteiger partial charge on any atom is 0.253 e. The molecule has 0 saturated heterocycles. The third-order valence-electron chi connectivity index (χ3n) is 4.29. The van der Waals surface area contributed by atoms with Gasteiger partial charge in [-0.2, -0.15) is 0 Å². The Hall–Kier alpha value is -3.74. The van der Waals surface area contributed by atoms with Crippen molar-refractivity contribution >= 4 is 17.4 Å². The van der Waals surface area contributed by atoms with Crippen LogP contribution in [-0.2, 0) is 6.54 Å². The standard InChI is InChI=1S/C22H23N3O4/c1-27-18-8-4-15(5-9-18)13-24-22(26)16-6-11-21(23-14-16)25-17-7-10-19(28-2)20(12-17)29-3/h4-12,14H,13H2,1-3H3,(H,23,25)(H,24,26). The average molecular weight is 393 g/mol. The summed E-state index contributed by atoms with van der Waals surface area (Å²) in [6, 6.07) is 16.5. The minimum atomic E-state index is -0.189. The van der Waals surface area contributed by atoms with E-state index in [0.717, 1.165) is 17.0 Å². The lowest BCUT2D eigenvalue weighted by Crippen LogP contribution is -2.22. The van der Waals surface area contributed by atoms with Gasteiger partial charge in [-0.25, -0.2) is 4.98 Å². The van der Waals surface area contributed by atoms with Crippen molar-refractivity contribution in [1.29, 1.82) is 0 Å². The molecular formula is C22H23N3O4. The lowest BCUT2D eigenvalue weighted by Gasteiger charge is -2.11. The van der Waals surface area contributed by atoms with Crippen LogP contribution in [0.5, 0.6) is 17.2 Å². The molecule has 0 saturated carbocycles. The number of nitrogens with one attached hydrogen (secondary N) is 2. The second-order valence-electron chi connectivity index (χ2n) is 6.16. The summed E-state index contributed by atoms with van der Waals surface area (Å²) in [5.74, 6) is 2.47. The molecule has 0 aliphatic heterocycles. The number of carbonyl (C=O) groups is 1. The van der Waals surface area contributed by atoms with Gasteiger partial charge in [0.2, 0.25) is 0 Å². The number of methoxy groups -OCH3 is 3. The fourth-order valence-corrected chi connectivity index (χ4v) is 2.69. The summed E-state index contributed by atoms with van der Waals surface area (Å²) >= 11 is 0. The summed E-state index contributed by atoms with van der Waals surface area (Å²) in [5, 5.41) is 6.05. The number of nitrogens with zero attached hydrogens (tertiary/aromatic N) is 1. The van der Waals surface area contributed by atoms with Gasteiger partial charge >= 0.3 is 0 Å². The molecule has 0 bridgehead atoms. The smallest absolute Gasteiger partial charge is 0.253 e. The zero-order valence-corrected chi connectivity index (χ0v) is 16.6. The number of carbonyl (C=O) groups excluding carboxylic acids is 1. The maximum absolute atomic E-state index is 12.3. The van der Waals surface area contributed by atoms with Crippen LogP contribution < -0.4 is 24.8 Å². The van der Waals surface area contributed by atoms with Gasteiger partial charge in [-0.3, -0.25) is 4.79 Å². The predicted octanol–water partition coefficient (Wildman–Crippen LogP) is 3.78. The molecule has 0 unspecified atom stereocenters. The highest BCUT2D eigenvalue weighted by Gasteiger charge is 2.08. The molecule has 150 valence electrons. The molecule has 29 heavy (non-hydrogen) atoms. The van der Waals surface area contributed by atoms with Crippen molar-refractivity contribution in [2.24, 2.45) is 0 Å². The molecule has 7 nitrogen and oxygen atoms in total. The topological polar surface area (TPSA) is 81.7 Å². The molecule has 3 rings (SSSR count). The number of rotatable bonds is 8. The Morgan fingerprint density at radius 3 is 2.28 bits per heavy atom.